The average Bonchev–Trinajstić information content (AvgIpc) is 1.98. The number of ether oxygens (including phenoxy) is 1. The molecule has 1 atom stereocenters. The maximum atomic E-state index is 11.2. The van der Waals surface area contributed by atoms with E-state index in [1.165, 1.54) is 0 Å². The van der Waals surface area contributed by atoms with Gasteiger partial charge in [0.2, 0.25) is 0 Å². The van der Waals surface area contributed by atoms with Crippen LogP contribution in [-0.4, -0.2) is 19.0 Å². The van der Waals surface area contributed by atoms with Crippen molar-refractivity contribution in [2.24, 2.45) is 0 Å². The van der Waals surface area contributed by atoms with Gasteiger partial charge in [-0.25, -0.2) is 0 Å². The summed E-state index contributed by atoms with van der Waals surface area (Å²) in [7, 11) is 1.61. The Morgan fingerprint density at radius 3 is 2.91 bits per heavy atom. The number of hydrogen-bond donors (Lipinski definition) is 0. The number of Topliss-reactive ketones (excluding diaryl/α,β-unsaturated/α-hetero) is 1. The highest BCUT2D eigenvalue weighted by atomic mass is 16.5. The highest BCUT2D eigenvalue weighted by Gasteiger charge is 2.16. The molecule has 11 heavy (non-hydrogen) atoms. The van der Waals surface area contributed by atoms with E-state index in [4.69, 9.17) is 4.74 Å². The first-order valence-electron chi connectivity index (χ1n) is 4.05. The van der Waals surface area contributed by atoms with E-state index in [1.807, 2.05) is 0 Å². The van der Waals surface area contributed by atoms with Gasteiger partial charge in [0.25, 0.3) is 0 Å². The fraction of sp³-hybridized carbons (Fsp3) is 0.667. The average molecular weight is 154 g/mol. The predicted molar refractivity (Wildman–Crippen MR) is 43.4 cm³/mol. The monoisotopic (exact) mass is 154 g/mol. The number of ketones is 1. The largest absolute Gasteiger partial charge is 0.374 e. The highest BCUT2D eigenvalue weighted by molar-refractivity contribution is 5.83. The van der Waals surface area contributed by atoms with Crippen LogP contribution in [0.25, 0.3) is 0 Å². The summed E-state index contributed by atoms with van der Waals surface area (Å²) in [6.07, 6.45) is 7.35. The fourth-order valence-corrected chi connectivity index (χ4v) is 1.28. The first-order chi connectivity index (χ1) is 5.34. The summed E-state index contributed by atoms with van der Waals surface area (Å²) >= 11 is 0. The van der Waals surface area contributed by atoms with Gasteiger partial charge in [0, 0.05) is 13.5 Å². The zero-order chi connectivity index (χ0) is 8.10. The van der Waals surface area contributed by atoms with Crippen molar-refractivity contribution in [1.29, 1.82) is 0 Å². The highest BCUT2D eigenvalue weighted by Crippen LogP contribution is 2.11. The first-order valence-corrected chi connectivity index (χ1v) is 4.05. The van der Waals surface area contributed by atoms with Crippen molar-refractivity contribution in [3.63, 3.8) is 0 Å². The van der Waals surface area contributed by atoms with Crippen molar-refractivity contribution >= 4 is 5.78 Å². The topological polar surface area (TPSA) is 26.3 Å². The molecule has 0 saturated heterocycles. The van der Waals surface area contributed by atoms with Gasteiger partial charge in [0.05, 0.1) is 0 Å². The minimum atomic E-state index is -0.153. The van der Waals surface area contributed by atoms with Gasteiger partial charge in [0.1, 0.15) is 6.10 Å². The molecule has 0 spiro atoms. The second kappa shape index (κ2) is 4.29. The van der Waals surface area contributed by atoms with Crippen molar-refractivity contribution in [2.75, 3.05) is 7.11 Å². The Hall–Kier alpha value is -0.630. The molecule has 1 aliphatic rings. The van der Waals surface area contributed by atoms with Crippen LogP contribution in [0.2, 0.25) is 0 Å². The summed E-state index contributed by atoms with van der Waals surface area (Å²) in [6, 6.07) is 0. The Morgan fingerprint density at radius 2 is 2.18 bits per heavy atom. The van der Waals surface area contributed by atoms with Gasteiger partial charge >= 0.3 is 0 Å². The first kappa shape index (κ1) is 8.47. The van der Waals surface area contributed by atoms with E-state index in [0.717, 1.165) is 19.3 Å². The number of hydrogen-bond acceptors (Lipinski definition) is 2. The Labute approximate surface area is 67.2 Å². The Bertz CT molecular complexity index is 161. The van der Waals surface area contributed by atoms with E-state index >= 15 is 0 Å². The molecule has 0 radical (unpaired) electrons. The number of carbonyl (C=O) groups excluding carboxylic acids is 1. The molecular weight excluding hydrogens is 140 g/mol. The van der Waals surface area contributed by atoms with Gasteiger partial charge < -0.3 is 4.74 Å². The van der Waals surface area contributed by atoms with Gasteiger partial charge in [0.15, 0.2) is 5.78 Å². The molecule has 1 rings (SSSR count). The standard InChI is InChI=1S/C9H14O2/c1-11-9-7-5-3-2-4-6-8(9)10/h2-3,9H,4-7H2,1H3/b3-2-. The Kier molecular flexibility index (Phi) is 3.30. The molecule has 0 bridgehead atoms. The molecule has 0 aromatic rings. The van der Waals surface area contributed by atoms with E-state index in [2.05, 4.69) is 12.2 Å². The molecular formula is C9H14O2. The molecule has 1 unspecified atom stereocenters. The molecule has 0 heterocycles. The second-order valence-corrected chi connectivity index (χ2v) is 2.78. The van der Waals surface area contributed by atoms with Gasteiger partial charge in [-0.1, -0.05) is 12.2 Å². The lowest BCUT2D eigenvalue weighted by molar-refractivity contribution is -0.129. The van der Waals surface area contributed by atoms with Crippen LogP contribution < -0.4 is 0 Å². The number of carbonyl (C=O) groups is 1. The molecule has 62 valence electrons. The zero-order valence-electron chi connectivity index (χ0n) is 6.88. The van der Waals surface area contributed by atoms with Crippen LogP contribution in [0.1, 0.15) is 25.7 Å². The summed E-state index contributed by atoms with van der Waals surface area (Å²) < 4.78 is 5.06. The zero-order valence-corrected chi connectivity index (χ0v) is 6.88. The lowest BCUT2D eigenvalue weighted by Crippen LogP contribution is -2.23. The third-order valence-corrected chi connectivity index (χ3v) is 1.96. The lowest BCUT2D eigenvalue weighted by Gasteiger charge is -2.13. The third kappa shape index (κ3) is 2.46. The van der Waals surface area contributed by atoms with E-state index < -0.39 is 0 Å². The maximum absolute atomic E-state index is 11.2. The lowest BCUT2D eigenvalue weighted by atomic mass is 10.0. The minimum absolute atomic E-state index is 0.153. The van der Waals surface area contributed by atoms with Gasteiger partial charge in [-0.05, 0) is 19.3 Å². The van der Waals surface area contributed by atoms with E-state index in [9.17, 15) is 4.79 Å². The molecule has 0 saturated carbocycles. The number of methoxy groups -OCH3 is 1. The van der Waals surface area contributed by atoms with Crippen LogP contribution in [0.15, 0.2) is 12.2 Å². The van der Waals surface area contributed by atoms with Gasteiger partial charge in [-0.2, -0.15) is 0 Å². The quantitative estimate of drug-likeness (QED) is 0.537. The van der Waals surface area contributed by atoms with E-state index in [0.29, 0.717) is 6.42 Å². The van der Waals surface area contributed by atoms with Crippen LogP contribution in [0.4, 0.5) is 0 Å². The molecule has 2 heteroatoms. The van der Waals surface area contributed by atoms with E-state index in [1.54, 1.807) is 7.11 Å². The smallest absolute Gasteiger partial charge is 0.161 e. The van der Waals surface area contributed by atoms with E-state index in [-0.39, 0.29) is 11.9 Å². The number of rotatable bonds is 1. The number of allylic oxidation sites excluding steroid dienone is 2. The van der Waals surface area contributed by atoms with Crippen LogP contribution in [0, 0.1) is 0 Å². The summed E-state index contributed by atoms with van der Waals surface area (Å²) in [6.45, 7) is 0. The van der Waals surface area contributed by atoms with Crippen molar-refractivity contribution in [1.82, 2.24) is 0 Å². The molecule has 0 N–H and O–H groups in total. The van der Waals surface area contributed by atoms with Crippen LogP contribution in [0.5, 0.6) is 0 Å². The molecule has 0 aromatic heterocycles. The third-order valence-electron chi connectivity index (χ3n) is 1.96. The maximum Gasteiger partial charge on any atom is 0.161 e. The van der Waals surface area contributed by atoms with Crippen molar-refractivity contribution in [3.8, 4) is 0 Å². The molecule has 0 fully saturated rings. The van der Waals surface area contributed by atoms with Crippen molar-refractivity contribution in [3.05, 3.63) is 12.2 Å². The summed E-state index contributed by atoms with van der Waals surface area (Å²) in [5.74, 6) is 0.247. The predicted octanol–water partition coefficient (Wildman–Crippen LogP) is 1.70. The van der Waals surface area contributed by atoms with Crippen molar-refractivity contribution < 1.29 is 9.53 Å². The Morgan fingerprint density at radius 1 is 1.45 bits per heavy atom. The van der Waals surface area contributed by atoms with Crippen LogP contribution in [0.3, 0.4) is 0 Å². The summed E-state index contributed by atoms with van der Waals surface area (Å²) in [5, 5.41) is 0. The second-order valence-electron chi connectivity index (χ2n) is 2.78. The van der Waals surface area contributed by atoms with Crippen LogP contribution in [-0.2, 0) is 9.53 Å². The Balaban J connectivity index is 2.50. The van der Waals surface area contributed by atoms with Crippen LogP contribution >= 0.6 is 0 Å². The molecule has 0 amide bonds. The molecule has 1 aliphatic carbocycles. The van der Waals surface area contributed by atoms with Gasteiger partial charge in [-0.3, -0.25) is 4.79 Å². The summed E-state index contributed by atoms with van der Waals surface area (Å²) in [4.78, 5) is 11.2. The molecule has 0 aromatic carbocycles. The molecule has 2 nitrogen and oxygen atoms in total. The van der Waals surface area contributed by atoms with Gasteiger partial charge in [-0.15, -0.1) is 0 Å². The fourth-order valence-electron chi connectivity index (χ4n) is 1.28. The SMILES string of the molecule is COC1CC/C=C\CCC1=O. The minimum Gasteiger partial charge on any atom is -0.374 e. The normalized spacial score (nSPS) is 29.2. The van der Waals surface area contributed by atoms with Crippen molar-refractivity contribution in [2.45, 2.75) is 31.8 Å². The summed E-state index contributed by atoms with van der Waals surface area (Å²) in [5.41, 5.74) is 0. The molecule has 0 aliphatic heterocycles.